The molecule has 1 aromatic heterocycles. The molecule has 1 atom stereocenters. The average Bonchev–Trinajstić information content (AvgIpc) is 2.91. The Kier molecular flexibility index (Phi) is 4.71. The lowest BCUT2D eigenvalue weighted by Gasteiger charge is -2.18. The normalized spacial score (nSPS) is 18.2. The molecule has 7 heteroatoms. The van der Waals surface area contributed by atoms with Gasteiger partial charge >= 0.3 is 0 Å². The van der Waals surface area contributed by atoms with Gasteiger partial charge in [0.1, 0.15) is 17.9 Å². The number of carbonyl (C=O) groups is 1. The highest BCUT2D eigenvalue weighted by atomic mass is 19.1. The van der Waals surface area contributed by atoms with Gasteiger partial charge in [-0.05, 0) is 18.6 Å². The van der Waals surface area contributed by atoms with Crippen LogP contribution in [0.3, 0.4) is 0 Å². The number of carbonyl (C=O) groups excluding carboxylic acids is 1. The zero-order valence-corrected chi connectivity index (χ0v) is 12.4. The van der Waals surface area contributed by atoms with E-state index in [9.17, 15) is 18.8 Å². The number of hydrogen-bond acceptors (Lipinski definition) is 5. The lowest BCUT2D eigenvalue weighted by Crippen LogP contribution is -2.22. The summed E-state index contributed by atoms with van der Waals surface area (Å²) in [5.74, 6) is -1.85. The highest BCUT2D eigenvalue weighted by molar-refractivity contribution is 6.05. The molecule has 0 amide bonds. The summed E-state index contributed by atoms with van der Waals surface area (Å²) >= 11 is 0. The monoisotopic (exact) mass is 306 g/mol. The van der Waals surface area contributed by atoms with Crippen molar-refractivity contribution in [2.45, 2.75) is 12.6 Å². The van der Waals surface area contributed by atoms with Crippen molar-refractivity contribution in [3.63, 3.8) is 0 Å². The number of nitrogens with zero attached hydrogens (tertiary/aromatic N) is 4. The van der Waals surface area contributed by atoms with E-state index in [1.54, 1.807) is 19.0 Å². The third-order valence-electron chi connectivity index (χ3n) is 3.27. The highest BCUT2D eigenvalue weighted by Crippen LogP contribution is 2.25. The second-order valence-corrected chi connectivity index (χ2v) is 5.28. The zero-order valence-electron chi connectivity index (χ0n) is 12.4. The van der Waals surface area contributed by atoms with Crippen molar-refractivity contribution >= 4 is 11.5 Å². The van der Waals surface area contributed by atoms with Gasteiger partial charge < -0.3 is 9.80 Å². The maximum Gasteiger partial charge on any atom is 0.241 e. The molecule has 0 bridgehead atoms. The van der Waals surface area contributed by atoms with E-state index >= 15 is 0 Å². The Labute approximate surface area is 127 Å². The molecule has 0 spiro atoms. The number of pyridine rings is 1. The lowest BCUT2D eigenvalue weighted by atomic mass is 10.2. The van der Waals surface area contributed by atoms with E-state index in [1.165, 1.54) is 17.0 Å². The Morgan fingerprint density at radius 3 is 2.82 bits per heavy atom. The van der Waals surface area contributed by atoms with Crippen molar-refractivity contribution in [1.29, 1.82) is 5.26 Å². The Bertz CT molecular complexity index is 651. The van der Waals surface area contributed by atoms with Gasteiger partial charge in [-0.3, -0.25) is 4.79 Å². The smallest absolute Gasteiger partial charge is 0.241 e. The van der Waals surface area contributed by atoms with E-state index in [-0.39, 0.29) is 17.9 Å². The fourth-order valence-corrected chi connectivity index (χ4v) is 2.26. The van der Waals surface area contributed by atoms with Gasteiger partial charge in [-0.15, -0.1) is 0 Å². The van der Waals surface area contributed by atoms with Crippen LogP contribution in [-0.4, -0.2) is 49.0 Å². The summed E-state index contributed by atoms with van der Waals surface area (Å²) in [5, 5.41) is 9.17. The number of hydrogen-bond donors (Lipinski definition) is 0. The van der Waals surface area contributed by atoms with Crippen LogP contribution in [0.5, 0.6) is 0 Å². The first kappa shape index (κ1) is 15.9. The van der Waals surface area contributed by atoms with Crippen LogP contribution >= 0.6 is 0 Å². The van der Waals surface area contributed by atoms with Gasteiger partial charge in [0.25, 0.3) is 0 Å². The average molecular weight is 306 g/mol. The fraction of sp³-hybridized carbons (Fsp3) is 0.400. The minimum absolute atomic E-state index is 0.00222. The van der Waals surface area contributed by atoms with Crippen LogP contribution in [0.2, 0.25) is 0 Å². The standard InChI is InChI=1S/C15H16F2N4O/c1-20(2)9-11(17)15(22)12-3-4-14(13(7-18)19-12)21-6-5-10(16)8-21/h3-4,9-10H,5-6,8H2,1-2H3/b11-9+/t10-/m0/s1. The van der Waals surface area contributed by atoms with Crippen molar-refractivity contribution in [3.05, 3.63) is 35.5 Å². The van der Waals surface area contributed by atoms with Crippen LogP contribution in [0.4, 0.5) is 14.5 Å². The molecule has 0 aliphatic carbocycles. The molecule has 0 saturated carbocycles. The summed E-state index contributed by atoms with van der Waals surface area (Å²) in [6.07, 6.45) is 0.498. The first-order chi connectivity index (χ1) is 10.4. The predicted molar refractivity (Wildman–Crippen MR) is 77.9 cm³/mol. The maximum absolute atomic E-state index is 13.7. The number of anilines is 1. The minimum atomic E-state index is -0.959. The Hall–Kier alpha value is -2.49. The first-order valence-corrected chi connectivity index (χ1v) is 6.81. The maximum atomic E-state index is 13.7. The number of ketones is 1. The quantitative estimate of drug-likeness (QED) is 0.629. The van der Waals surface area contributed by atoms with E-state index in [1.807, 2.05) is 6.07 Å². The van der Waals surface area contributed by atoms with Crippen molar-refractivity contribution < 1.29 is 13.6 Å². The zero-order chi connectivity index (χ0) is 16.3. The molecule has 2 rings (SSSR count). The molecule has 22 heavy (non-hydrogen) atoms. The van der Waals surface area contributed by atoms with Crippen LogP contribution in [0.15, 0.2) is 24.2 Å². The molecule has 1 fully saturated rings. The summed E-state index contributed by atoms with van der Waals surface area (Å²) in [5.41, 5.74) is 0.320. The second-order valence-electron chi connectivity index (χ2n) is 5.28. The van der Waals surface area contributed by atoms with Gasteiger partial charge in [0.05, 0.1) is 5.69 Å². The van der Waals surface area contributed by atoms with Crippen molar-refractivity contribution in [2.24, 2.45) is 0 Å². The minimum Gasteiger partial charge on any atom is -0.381 e. The third kappa shape index (κ3) is 3.39. The summed E-state index contributed by atoms with van der Waals surface area (Å²) < 4.78 is 27.0. The Morgan fingerprint density at radius 2 is 2.27 bits per heavy atom. The van der Waals surface area contributed by atoms with Gasteiger partial charge in [-0.1, -0.05) is 0 Å². The third-order valence-corrected chi connectivity index (χ3v) is 3.27. The number of Topliss-reactive ketones (excluding diaryl/α,β-unsaturated/α-hetero) is 1. The number of alkyl halides is 1. The van der Waals surface area contributed by atoms with Gasteiger partial charge in [0.2, 0.25) is 5.78 Å². The van der Waals surface area contributed by atoms with Crippen LogP contribution in [0.1, 0.15) is 22.6 Å². The van der Waals surface area contributed by atoms with Gasteiger partial charge in [0.15, 0.2) is 11.5 Å². The summed E-state index contributed by atoms with van der Waals surface area (Å²) in [4.78, 5) is 18.9. The number of aromatic nitrogens is 1. The Morgan fingerprint density at radius 1 is 1.55 bits per heavy atom. The molecule has 1 saturated heterocycles. The fourth-order valence-electron chi connectivity index (χ4n) is 2.26. The van der Waals surface area contributed by atoms with Crippen LogP contribution < -0.4 is 4.90 Å². The summed E-state index contributed by atoms with van der Waals surface area (Å²) in [7, 11) is 3.18. The molecule has 0 radical (unpaired) electrons. The number of nitriles is 1. The number of rotatable bonds is 4. The van der Waals surface area contributed by atoms with E-state index in [0.717, 1.165) is 6.20 Å². The highest BCUT2D eigenvalue weighted by Gasteiger charge is 2.25. The predicted octanol–water partition coefficient (Wildman–Crippen LogP) is 2.06. The second kappa shape index (κ2) is 6.52. The Balaban J connectivity index is 2.30. The van der Waals surface area contributed by atoms with E-state index in [2.05, 4.69) is 4.98 Å². The first-order valence-electron chi connectivity index (χ1n) is 6.81. The van der Waals surface area contributed by atoms with Gasteiger partial charge in [0, 0.05) is 33.4 Å². The molecule has 1 aliphatic rings. The van der Waals surface area contributed by atoms with Gasteiger partial charge in [-0.2, -0.15) is 5.26 Å². The molecule has 116 valence electrons. The van der Waals surface area contributed by atoms with E-state index < -0.39 is 17.8 Å². The van der Waals surface area contributed by atoms with Crippen LogP contribution in [-0.2, 0) is 0 Å². The number of halogens is 2. The van der Waals surface area contributed by atoms with Crippen LogP contribution in [0, 0.1) is 11.3 Å². The van der Waals surface area contributed by atoms with Crippen molar-refractivity contribution in [3.8, 4) is 6.07 Å². The number of allylic oxidation sites excluding steroid dienone is 1. The molecule has 5 nitrogen and oxygen atoms in total. The molecular weight excluding hydrogens is 290 g/mol. The molecular formula is C15H16F2N4O. The lowest BCUT2D eigenvalue weighted by molar-refractivity contribution is 0.0997. The van der Waals surface area contributed by atoms with Crippen molar-refractivity contribution in [1.82, 2.24) is 9.88 Å². The van der Waals surface area contributed by atoms with E-state index in [0.29, 0.717) is 18.7 Å². The largest absolute Gasteiger partial charge is 0.381 e. The SMILES string of the molecule is CN(C)/C=C(/F)C(=O)c1ccc(N2CC[C@H](F)C2)c(C#N)n1. The van der Waals surface area contributed by atoms with Crippen LogP contribution in [0.25, 0.3) is 0 Å². The molecule has 0 unspecified atom stereocenters. The van der Waals surface area contributed by atoms with E-state index in [4.69, 9.17) is 0 Å². The molecule has 1 aliphatic heterocycles. The molecule has 0 N–H and O–H groups in total. The van der Waals surface area contributed by atoms with Crippen molar-refractivity contribution in [2.75, 3.05) is 32.1 Å². The molecule has 0 aromatic carbocycles. The summed E-state index contributed by atoms with van der Waals surface area (Å²) in [6.45, 7) is 0.679. The topological polar surface area (TPSA) is 60.2 Å². The summed E-state index contributed by atoms with van der Waals surface area (Å²) in [6, 6.07) is 4.75. The molecule has 1 aromatic rings. The van der Waals surface area contributed by atoms with Gasteiger partial charge in [-0.25, -0.2) is 13.8 Å². The molecule has 2 heterocycles.